The second kappa shape index (κ2) is 8.30. The van der Waals surface area contributed by atoms with Crippen LogP contribution in [-0.4, -0.2) is 16.3 Å². The Balaban J connectivity index is 2.78. The first-order valence-electron chi connectivity index (χ1n) is 7.56. The molecule has 1 atom stereocenters. The van der Waals surface area contributed by atoms with E-state index < -0.39 is 0 Å². The van der Waals surface area contributed by atoms with Gasteiger partial charge in [0.05, 0.1) is 11.4 Å². The van der Waals surface area contributed by atoms with Gasteiger partial charge < -0.3 is 5.32 Å². The van der Waals surface area contributed by atoms with Crippen LogP contribution in [-0.2, 0) is 13.0 Å². The first-order valence-corrected chi connectivity index (χ1v) is 7.56. The summed E-state index contributed by atoms with van der Waals surface area (Å²) >= 11 is 0. The molecular weight excluding hydrogens is 222 g/mol. The molecule has 0 saturated heterocycles. The number of hydrogen-bond donors (Lipinski definition) is 1. The fourth-order valence-electron chi connectivity index (χ4n) is 2.39. The van der Waals surface area contributed by atoms with Gasteiger partial charge in [-0.05, 0) is 32.4 Å². The summed E-state index contributed by atoms with van der Waals surface area (Å²) in [4.78, 5) is 0. The van der Waals surface area contributed by atoms with Crippen LogP contribution in [0, 0.1) is 0 Å². The molecule has 1 rings (SSSR count). The minimum Gasteiger partial charge on any atom is -0.309 e. The molecule has 1 aromatic rings. The summed E-state index contributed by atoms with van der Waals surface area (Å²) in [7, 11) is 0. The first-order chi connectivity index (χ1) is 8.76. The Morgan fingerprint density at radius 3 is 2.56 bits per heavy atom. The predicted molar refractivity (Wildman–Crippen MR) is 77.8 cm³/mol. The van der Waals surface area contributed by atoms with Gasteiger partial charge in [0, 0.05) is 12.6 Å². The number of nitrogens with zero attached hydrogens (tertiary/aromatic N) is 2. The van der Waals surface area contributed by atoms with Crippen molar-refractivity contribution in [3.05, 3.63) is 17.5 Å². The van der Waals surface area contributed by atoms with E-state index in [0.717, 1.165) is 19.5 Å². The number of aryl methyl sites for hydroxylation is 2. The van der Waals surface area contributed by atoms with Crippen molar-refractivity contribution in [3.63, 3.8) is 0 Å². The molecule has 1 heterocycles. The van der Waals surface area contributed by atoms with E-state index in [1.807, 2.05) is 0 Å². The molecule has 18 heavy (non-hydrogen) atoms. The van der Waals surface area contributed by atoms with Gasteiger partial charge in [0.2, 0.25) is 0 Å². The maximum Gasteiger partial charge on any atom is 0.0625 e. The van der Waals surface area contributed by atoms with Crippen LogP contribution in [0.2, 0.25) is 0 Å². The molecule has 1 aromatic heterocycles. The van der Waals surface area contributed by atoms with Crippen molar-refractivity contribution in [3.8, 4) is 0 Å². The maximum absolute atomic E-state index is 4.66. The molecule has 3 nitrogen and oxygen atoms in total. The smallest absolute Gasteiger partial charge is 0.0625 e. The van der Waals surface area contributed by atoms with Gasteiger partial charge in [-0.3, -0.25) is 4.68 Å². The minimum atomic E-state index is 0.467. The Morgan fingerprint density at radius 2 is 2.00 bits per heavy atom. The summed E-state index contributed by atoms with van der Waals surface area (Å²) in [5, 5.41) is 8.26. The highest BCUT2D eigenvalue weighted by Crippen LogP contribution is 2.21. The molecule has 0 aliphatic heterocycles. The molecule has 104 valence electrons. The molecular formula is C15H29N3. The highest BCUT2D eigenvalue weighted by Gasteiger charge is 2.16. The number of rotatable bonds is 9. The van der Waals surface area contributed by atoms with Gasteiger partial charge in [0.1, 0.15) is 0 Å². The van der Waals surface area contributed by atoms with E-state index in [0.29, 0.717) is 6.04 Å². The van der Waals surface area contributed by atoms with Gasteiger partial charge in [-0.2, -0.15) is 5.10 Å². The van der Waals surface area contributed by atoms with Crippen LogP contribution in [0.15, 0.2) is 6.07 Å². The molecule has 0 spiro atoms. The second-order valence-electron chi connectivity index (χ2n) is 4.84. The third kappa shape index (κ3) is 4.13. The zero-order valence-electron chi connectivity index (χ0n) is 12.5. The summed E-state index contributed by atoms with van der Waals surface area (Å²) in [5.41, 5.74) is 2.58. The van der Waals surface area contributed by atoms with E-state index >= 15 is 0 Å². The summed E-state index contributed by atoms with van der Waals surface area (Å²) in [6.07, 6.45) is 6.14. The van der Waals surface area contributed by atoms with Crippen molar-refractivity contribution in [1.82, 2.24) is 15.1 Å². The van der Waals surface area contributed by atoms with Crippen molar-refractivity contribution >= 4 is 0 Å². The number of aromatic nitrogens is 2. The van der Waals surface area contributed by atoms with Gasteiger partial charge >= 0.3 is 0 Å². The van der Waals surface area contributed by atoms with Gasteiger partial charge in [-0.15, -0.1) is 0 Å². The fraction of sp³-hybridized carbons (Fsp3) is 0.800. The molecule has 0 bridgehead atoms. The van der Waals surface area contributed by atoms with Crippen LogP contribution in [0.5, 0.6) is 0 Å². The van der Waals surface area contributed by atoms with Crippen LogP contribution in [0.1, 0.15) is 70.8 Å². The van der Waals surface area contributed by atoms with Gasteiger partial charge in [-0.1, -0.05) is 40.0 Å². The monoisotopic (exact) mass is 251 g/mol. The molecule has 0 radical (unpaired) electrons. The molecule has 1 N–H and O–H groups in total. The molecule has 0 aliphatic carbocycles. The van der Waals surface area contributed by atoms with Crippen molar-refractivity contribution < 1.29 is 0 Å². The van der Waals surface area contributed by atoms with Crippen molar-refractivity contribution in [2.75, 3.05) is 6.54 Å². The third-order valence-corrected chi connectivity index (χ3v) is 3.43. The average Bonchev–Trinajstić information content (AvgIpc) is 2.81. The lowest BCUT2D eigenvalue weighted by atomic mass is 10.0. The largest absolute Gasteiger partial charge is 0.309 e. The van der Waals surface area contributed by atoms with Crippen LogP contribution < -0.4 is 5.32 Å². The predicted octanol–water partition coefficient (Wildman–Crippen LogP) is 3.70. The summed E-state index contributed by atoms with van der Waals surface area (Å²) in [5.74, 6) is 0. The zero-order valence-corrected chi connectivity index (χ0v) is 12.5. The Labute approximate surface area is 112 Å². The number of nitrogens with one attached hydrogen (secondary N) is 1. The van der Waals surface area contributed by atoms with Crippen LogP contribution in [0.25, 0.3) is 0 Å². The Kier molecular flexibility index (Phi) is 7.02. The molecule has 0 fully saturated rings. The SMILES string of the molecule is CCCCCC(NCC)c1cc(CC)nn1CC. The average molecular weight is 251 g/mol. The fourth-order valence-corrected chi connectivity index (χ4v) is 2.39. The van der Waals surface area contributed by atoms with E-state index in [4.69, 9.17) is 0 Å². The molecule has 0 saturated carbocycles. The van der Waals surface area contributed by atoms with Gasteiger partial charge in [0.15, 0.2) is 0 Å². The van der Waals surface area contributed by atoms with E-state index in [9.17, 15) is 0 Å². The highest BCUT2D eigenvalue weighted by atomic mass is 15.3. The summed E-state index contributed by atoms with van der Waals surface area (Å²) in [6.45, 7) is 10.8. The third-order valence-electron chi connectivity index (χ3n) is 3.43. The maximum atomic E-state index is 4.66. The number of unbranched alkanes of at least 4 members (excludes halogenated alkanes) is 2. The highest BCUT2D eigenvalue weighted by molar-refractivity contribution is 5.14. The van der Waals surface area contributed by atoms with Crippen LogP contribution >= 0.6 is 0 Å². The molecule has 0 aromatic carbocycles. The molecule has 1 unspecified atom stereocenters. The van der Waals surface area contributed by atoms with E-state index in [2.05, 4.69) is 48.9 Å². The van der Waals surface area contributed by atoms with Gasteiger partial charge in [0.25, 0.3) is 0 Å². The quantitative estimate of drug-likeness (QED) is 0.678. The first kappa shape index (κ1) is 15.2. The van der Waals surface area contributed by atoms with Crippen LogP contribution in [0.4, 0.5) is 0 Å². The molecule has 0 aliphatic rings. The van der Waals surface area contributed by atoms with E-state index in [-0.39, 0.29) is 0 Å². The lowest BCUT2D eigenvalue weighted by Crippen LogP contribution is -2.23. The Morgan fingerprint density at radius 1 is 1.22 bits per heavy atom. The van der Waals surface area contributed by atoms with Crippen LogP contribution in [0.3, 0.4) is 0 Å². The summed E-state index contributed by atoms with van der Waals surface area (Å²) < 4.78 is 2.16. The normalized spacial score (nSPS) is 12.9. The Bertz CT molecular complexity index is 330. The van der Waals surface area contributed by atoms with Crippen molar-refractivity contribution in [1.29, 1.82) is 0 Å². The number of hydrogen-bond acceptors (Lipinski definition) is 2. The second-order valence-corrected chi connectivity index (χ2v) is 4.84. The van der Waals surface area contributed by atoms with Gasteiger partial charge in [-0.25, -0.2) is 0 Å². The lowest BCUT2D eigenvalue weighted by Gasteiger charge is -2.18. The zero-order chi connectivity index (χ0) is 13.4. The molecule has 0 amide bonds. The summed E-state index contributed by atoms with van der Waals surface area (Å²) in [6, 6.07) is 2.75. The Hall–Kier alpha value is -0.830. The van der Waals surface area contributed by atoms with E-state index in [1.54, 1.807) is 0 Å². The van der Waals surface area contributed by atoms with Crippen molar-refractivity contribution in [2.45, 2.75) is 72.4 Å². The lowest BCUT2D eigenvalue weighted by molar-refractivity contribution is 0.448. The topological polar surface area (TPSA) is 29.9 Å². The van der Waals surface area contributed by atoms with Crippen molar-refractivity contribution in [2.24, 2.45) is 0 Å². The van der Waals surface area contributed by atoms with E-state index in [1.165, 1.54) is 37.1 Å². The molecule has 3 heteroatoms. The minimum absolute atomic E-state index is 0.467. The standard InChI is InChI=1S/C15H29N3/c1-5-9-10-11-14(16-7-3)15-12-13(6-2)17-18(15)8-4/h12,14,16H,5-11H2,1-4H3.